The number of amides is 1. The van der Waals surface area contributed by atoms with Gasteiger partial charge < -0.3 is 4.90 Å². The van der Waals surface area contributed by atoms with Gasteiger partial charge in [0.25, 0.3) is 0 Å². The van der Waals surface area contributed by atoms with Gasteiger partial charge in [-0.05, 0) is 57.2 Å². The first-order valence-corrected chi connectivity index (χ1v) is 11.0. The van der Waals surface area contributed by atoms with Gasteiger partial charge in [0.15, 0.2) is 0 Å². The number of likely N-dealkylation sites (tertiary alicyclic amines) is 2. The van der Waals surface area contributed by atoms with Crippen LogP contribution in [-0.2, 0) is 4.79 Å². The number of benzene rings is 1. The molecule has 0 spiro atoms. The van der Waals surface area contributed by atoms with Crippen molar-refractivity contribution in [2.45, 2.75) is 64.0 Å². The average molecular weight is 372 g/mol. The number of piperidine rings is 2. The van der Waals surface area contributed by atoms with E-state index in [0.29, 0.717) is 24.5 Å². The molecule has 2 saturated heterocycles. The molecule has 3 heterocycles. The van der Waals surface area contributed by atoms with E-state index in [2.05, 4.69) is 41.0 Å². The number of hydrogen-bond acceptors (Lipinski definition) is 4. The van der Waals surface area contributed by atoms with Gasteiger partial charge in [0.1, 0.15) is 5.01 Å². The van der Waals surface area contributed by atoms with Gasteiger partial charge in [-0.2, -0.15) is 0 Å². The molecule has 4 nitrogen and oxygen atoms in total. The second-order valence-electron chi connectivity index (χ2n) is 7.65. The number of carbonyl (C=O) groups excluding carboxylic acids is 1. The van der Waals surface area contributed by atoms with E-state index in [-0.39, 0.29) is 0 Å². The quantitative estimate of drug-likeness (QED) is 0.787. The van der Waals surface area contributed by atoms with Crippen molar-refractivity contribution in [1.82, 2.24) is 14.8 Å². The molecule has 2 aliphatic heterocycles. The van der Waals surface area contributed by atoms with E-state index in [4.69, 9.17) is 4.98 Å². The highest BCUT2D eigenvalue weighted by Gasteiger charge is 2.31. The molecule has 26 heavy (non-hydrogen) atoms. The third-order valence-corrected chi connectivity index (χ3v) is 7.10. The maximum Gasteiger partial charge on any atom is 0.237 e. The minimum atomic E-state index is 0.301. The Morgan fingerprint density at radius 3 is 2.81 bits per heavy atom. The normalized spacial score (nSPS) is 24.9. The van der Waals surface area contributed by atoms with Crippen LogP contribution in [0.5, 0.6) is 0 Å². The third-order valence-electron chi connectivity index (χ3n) is 5.97. The molecule has 1 amide bonds. The Balaban J connectivity index is 1.51. The van der Waals surface area contributed by atoms with Gasteiger partial charge in [0.2, 0.25) is 5.91 Å². The summed E-state index contributed by atoms with van der Waals surface area (Å²) in [6.45, 7) is 4.71. The number of hydrogen-bond donors (Lipinski definition) is 0. The second-order valence-corrected chi connectivity index (χ2v) is 8.71. The Labute approximate surface area is 160 Å². The van der Waals surface area contributed by atoms with Gasteiger partial charge in [0, 0.05) is 12.6 Å². The van der Waals surface area contributed by atoms with E-state index in [1.165, 1.54) is 35.4 Å². The van der Waals surface area contributed by atoms with E-state index in [9.17, 15) is 4.79 Å². The van der Waals surface area contributed by atoms with Gasteiger partial charge in [-0.25, -0.2) is 4.98 Å². The average Bonchev–Trinajstić information content (AvgIpc) is 3.12. The smallest absolute Gasteiger partial charge is 0.237 e. The van der Waals surface area contributed by atoms with Crippen molar-refractivity contribution in [3.05, 3.63) is 29.3 Å². The molecule has 0 radical (unpaired) electrons. The van der Waals surface area contributed by atoms with Crippen LogP contribution in [0.15, 0.2) is 24.3 Å². The molecule has 2 aromatic rings. The lowest BCUT2D eigenvalue weighted by atomic mass is 9.99. The summed E-state index contributed by atoms with van der Waals surface area (Å²) >= 11 is 1.80. The summed E-state index contributed by atoms with van der Waals surface area (Å²) in [5.74, 6) is 0.324. The van der Waals surface area contributed by atoms with Crippen LogP contribution in [0.4, 0.5) is 0 Å². The highest BCUT2D eigenvalue weighted by Crippen LogP contribution is 2.35. The Morgan fingerprint density at radius 2 is 1.96 bits per heavy atom. The fraction of sp³-hybridized carbons (Fsp3) is 0.619. The van der Waals surface area contributed by atoms with Crippen LogP contribution < -0.4 is 0 Å². The first kappa shape index (κ1) is 17.9. The summed E-state index contributed by atoms with van der Waals surface area (Å²) in [6, 6.07) is 9.11. The molecular weight excluding hydrogens is 342 g/mol. The van der Waals surface area contributed by atoms with E-state index in [0.717, 1.165) is 37.9 Å². The summed E-state index contributed by atoms with van der Waals surface area (Å²) in [5, 5.41) is 1.18. The Bertz CT molecular complexity index is 726. The van der Waals surface area contributed by atoms with Crippen molar-refractivity contribution >= 4 is 27.5 Å². The number of para-hydroxylation sites is 1. The van der Waals surface area contributed by atoms with Crippen LogP contribution in [0.2, 0.25) is 0 Å². The molecule has 1 aromatic carbocycles. The first-order chi connectivity index (χ1) is 12.8. The maximum absolute atomic E-state index is 13.1. The Hall–Kier alpha value is -1.46. The van der Waals surface area contributed by atoms with Crippen molar-refractivity contribution in [2.24, 2.45) is 0 Å². The van der Waals surface area contributed by atoms with E-state index >= 15 is 0 Å². The Morgan fingerprint density at radius 1 is 1.15 bits per heavy atom. The number of thiazole rings is 1. The minimum absolute atomic E-state index is 0.301. The number of fused-ring (bicyclic) bond motifs is 1. The molecule has 0 saturated carbocycles. The summed E-state index contributed by atoms with van der Waals surface area (Å²) in [5.41, 5.74) is 1.09. The molecule has 140 valence electrons. The van der Waals surface area contributed by atoms with Gasteiger partial charge in [-0.1, -0.05) is 25.5 Å². The van der Waals surface area contributed by atoms with Crippen LogP contribution in [0.25, 0.3) is 10.2 Å². The van der Waals surface area contributed by atoms with Crippen LogP contribution >= 0.6 is 11.3 Å². The zero-order chi connectivity index (χ0) is 17.9. The van der Waals surface area contributed by atoms with E-state index < -0.39 is 0 Å². The number of nitrogens with zero attached hydrogens (tertiary/aromatic N) is 3. The third kappa shape index (κ3) is 3.65. The van der Waals surface area contributed by atoms with Crippen molar-refractivity contribution in [1.29, 1.82) is 0 Å². The first-order valence-electron chi connectivity index (χ1n) is 10.1. The topological polar surface area (TPSA) is 36.4 Å². The minimum Gasteiger partial charge on any atom is -0.339 e. The van der Waals surface area contributed by atoms with Gasteiger partial charge >= 0.3 is 0 Å². The molecule has 4 rings (SSSR count). The fourth-order valence-corrected chi connectivity index (χ4v) is 5.65. The molecule has 2 aliphatic rings. The fourth-order valence-electron chi connectivity index (χ4n) is 4.51. The van der Waals surface area contributed by atoms with Crippen molar-refractivity contribution in [2.75, 3.05) is 19.6 Å². The van der Waals surface area contributed by atoms with Crippen molar-refractivity contribution < 1.29 is 4.79 Å². The molecule has 0 aliphatic carbocycles. The lowest BCUT2D eigenvalue weighted by Crippen LogP contribution is -2.49. The monoisotopic (exact) mass is 371 g/mol. The number of rotatable bonds is 4. The molecule has 1 aromatic heterocycles. The number of aromatic nitrogens is 1. The second kappa shape index (κ2) is 8.05. The largest absolute Gasteiger partial charge is 0.339 e. The van der Waals surface area contributed by atoms with Gasteiger partial charge in [-0.3, -0.25) is 9.69 Å². The summed E-state index contributed by atoms with van der Waals surface area (Å²) in [7, 11) is 0. The highest BCUT2D eigenvalue weighted by molar-refractivity contribution is 7.18. The lowest BCUT2D eigenvalue weighted by molar-refractivity contribution is -0.137. The molecular formula is C21H29N3OS. The molecule has 2 fully saturated rings. The van der Waals surface area contributed by atoms with Crippen molar-refractivity contribution in [3.63, 3.8) is 0 Å². The van der Waals surface area contributed by atoms with Crippen LogP contribution in [0.3, 0.4) is 0 Å². The molecule has 2 atom stereocenters. The van der Waals surface area contributed by atoms with E-state index in [1.807, 2.05) is 0 Å². The summed E-state index contributed by atoms with van der Waals surface area (Å²) in [6.07, 6.45) is 8.20. The molecule has 0 unspecified atom stereocenters. The zero-order valence-electron chi connectivity index (χ0n) is 15.7. The maximum atomic E-state index is 13.1. The number of carbonyl (C=O) groups is 1. The van der Waals surface area contributed by atoms with Crippen molar-refractivity contribution in [3.8, 4) is 0 Å². The van der Waals surface area contributed by atoms with Crippen LogP contribution in [-0.4, -0.2) is 46.4 Å². The standard InChI is InChI=1S/C21H29N3OS/c1-2-16-9-5-8-14-24(16)20(25)15-23-13-7-6-11-18(23)21-22-17-10-3-4-12-19(17)26-21/h3-4,10,12,16,18H,2,5-9,11,13-15H2,1H3/t16-,18+/m0/s1. The van der Waals surface area contributed by atoms with Gasteiger partial charge in [-0.15, -0.1) is 11.3 Å². The summed E-state index contributed by atoms with van der Waals surface area (Å²) in [4.78, 5) is 22.5. The summed E-state index contributed by atoms with van der Waals surface area (Å²) < 4.78 is 1.25. The molecule has 5 heteroatoms. The zero-order valence-corrected chi connectivity index (χ0v) is 16.5. The van der Waals surface area contributed by atoms with Gasteiger partial charge in [0.05, 0.1) is 22.8 Å². The SMILES string of the molecule is CC[C@H]1CCCCN1C(=O)CN1CCCC[C@@H]1c1nc2ccccc2s1. The highest BCUT2D eigenvalue weighted by atomic mass is 32.1. The van der Waals surface area contributed by atoms with Crippen LogP contribution in [0.1, 0.15) is 62.9 Å². The lowest BCUT2D eigenvalue weighted by Gasteiger charge is -2.39. The molecule has 0 N–H and O–H groups in total. The predicted octanol–water partition coefficient (Wildman–Crippen LogP) is 4.61. The Kier molecular flexibility index (Phi) is 5.55. The van der Waals surface area contributed by atoms with E-state index in [1.54, 1.807) is 11.3 Å². The molecule has 0 bridgehead atoms. The van der Waals surface area contributed by atoms with Crippen LogP contribution in [0, 0.1) is 0 Å². The predicted molar refractivity (Wildman–Crippen MR) is 107 cm³/mol.